The lowest BCUT2D eigenvalue weighted by atomic mass is 9.85. The third-order valence-corrected chi connectivity index (χ3v) is 3.49. The Balaban J connectivity index is 2.89. The minimum absolute atomic E-state index is 0.0604. The maximum absolute atomic E-state index is 12.4. The predicted octanol–water partition coefficient (Wildman–Crippen LogP) is 2.07. The van der Waals surface area contributed by atoms with Crippen LogP contribution in [0.5, 0.6) is 0 Å². The van der Waals surface area contributed by atoms with Gasteiger partial charge in [0.05, 0.1) is 5.69 Å². The van der Waals surface area contributed by atoms with Crippen LogP contribution in [0.2, 0.25) is 0 Å². The van der Waals surface area contributed by atoms with Gasteiger partial charge in [-0.3, -0.25) is 9.48 Å². The van der Waals surface area contributed by atoms with E-state index < -0.39 is 0 Å². The van der Waals surface area contributed by atoms with Crippen molar-refractivity contribution in [3.05, 3.63) is 17.5 Å². The van der Waals surface area contributed by atoms with Crippen molar-refractivity contribution in [2.24, 2.45) is 12.5 Å². The summed E-state index contributed by atoms with van der Waals surface area (Å²) >= 11 is 0. The van der Waals surface area contributed by atoms with Gasteiger partial charge in [-0.25, -0.2) is 0 Å². The van der Waals surface area contributed by atoms with E-state index in [0.717, 1.165) is 5.69 Å². The van der Waals surface area contributed by atoms with Crippen molar-refractivity contribution in [2.75, 3.05) is 6.61 Å². The maximum atomic E-state index is 12.4. The van der Waals surface area contributed by atoms with E-state index in [-0.39, 0.29) is 24.0 Å². The van der Waals surface area contributed by atoms with Crippen molar-refractivity contribution in [1.29, 1.82) is 0 Å². The number of aryl methyl sites for hydroxylation is 1. The van der Waals surface area contributed by atoms with Crippen molar-refractivity contribution < 1.29 is 9.90 Å². The zero-order valence-corrected chi connectivity index (χ0v) is 13.4. The molecule has 0 aromatic carbocycles. The molecule has 0 aliphatic rings. The summed E-state index contributed by atoms with van der Waals surface area (Å²) in [6.07, 6.45) is 0.546. The second-order valence-electron chi connectivity index (χ2n) is 6.64. The molecule has 0 radical (unpaired) electrons. The highest BCUT2D eigenvalue weighted by Gasteiger charge is 2.27. The molecule has 114 valence electrons. The molecule has 1 heterocycles. The van der Waals surface area contributed by atoms with E-state index in [1.165, 1.54) is 0 Å². The second-order valence-corrected chi connectivity index (χ2v) is 6.64. The van der Waals surface area contributed by atoms with Gasteiger partial charge in [0.15, 0.2) is 0 Å². The minimum Gasteiger partial charge on any atom is -0.396 e. The van der Waals surface area contributed by atoms with Crippen LogP contribution >= 0.6 is 0 Å². The Morgan fingerprint density at radius 1 is 1.45 bits per heavy atom. The topological polar surface area (TPSA) is 67.2 Å². The molecule has 1 atom stereocenters. The van der Waals surface area contributed by atoms with E-state index in [4.69, 9.17) is 5.11 Å². The molecule has 2 N–H and O–H groups in total. The Kier molecular flexibility index (Phi) is 5.34. The lowest BCUT2D eigenvalue weighted by Gasteiger charge is -2.31. The molecular weight excluding hydrogens is 254 g/mol. The van der Waals surface area contributed by atoms with Gasteiger partial charge in [-0.15, -0.1) is 0 Å². The monoisotopic (exact) mass is 281 g/mol. The average Bonchev–Trinajstić information content (AvgIpc) is 2.69. The molecule has 1 aromatic rings. The molecule has 1 unspecified atom stereocenters. The molecular formula is C15H27N3O2. The van der Waals surface area contributed by atoms with Crippen molar-refractivity contribution in [2.45, 2.75) is 53.0 Å². The van der Waals surface area contributed by atoms with Crippen LogP contribution in [-0.4, -0.2) is 33.4 Å². The van der Waals surface area contributed by atoms with E-state index in [1.54, 1.807) is 11.7 Å². The highest BCUT2D eigenvalue weighted by atomic mass is 16.3. The normalized spacial score (nSPS) is 13.6. The summed E-state index contributed by atoms with van der Waals surface area (Å²) in [5.41, 5.74) is 1.37. The smallest absolute Gasteiger partial charge is 0.269 e. The Bertz CT molecular complexity index is 458. The summed E-state index contributed by atoms with van der Waals surface area (Å²) in [7, 11) is 1.78. The van der Waals surface area contributed by atoms with E-state index in [2.05, 4.69) is 31.2 Å². The van der Waals surface area contributed by atoms with Gasteiger partial charge in [0.25, 0.3) is 5.91 Å². The lowest BCUT2D eigenvalue weighted by molar-refractivity contribution is 0.0875. The van der Waals surface area contributed by atoms with Crippen LogP contribution in [0.25, 0.3) is 0 Å². The molecule has 1 aromatic heterocycles. The van der Waals surface area contributed by atoms with Gasteiger partial charge in [0, 0.05) is 19.7 Å². The number of hydrogen-bond acceptors (Lipinski definition) is 3. The Morgan fingerprint density at radius 2 is 2.05 bits per heavy atom. The first-order chi connectivity index (χ1) is 9.16. The van der Waals surface area contributed by atoms with Crippen molar-refractivity contribution in [1.82, 2.24) is 15.1 Å². The Hall–Kier alpha value is -1.36. The van der Waals surface area contributed by atoms with Crippen LogP contribution in [0.4, 0.5) is 0 Å². The predicted molar refractivity (Wildman–Crippen MR) is 79.7 cm³/mol. The van der Waals surface area contributed by atoms with Crippen molar-refractivity contribution >= 4 is 5.91 Å². The van der Waals surface area contributed by atoms with Crippen LogP contribution in [0.3, 0.4) is 0 Å². The summed E-state index contributed by atoms with van der Waals surface area (Å²) in [6, 6.07) is 1.76. The molecule has 0 fully saturated rings. The van der Waals surface area contributed by atoms with Gasteiger partial charge in [-0.05, 0) is 23.8 Å². The first kappa shape index (κ1) is 16.7. The van der Waals surface area contributed by atoms with Gasteiger partial charge in [-0.2, -0.15) is 5.10 Å². The molecule has 0 aliphatic heterocycles. The third kappa shape index (κ3) is 4.07. The van der Waals surface area contributed by atoms with Gasteiger partial charge < -0.3 is 10.4 Å². The van der Waals surface area contributed by atoms with Crippen LogP contribution in [0, 0.1) is 5.41 Å². The zero-order valence-electron chi connectivity index (χ0n) is 13.4. The fourth-order valence-corrected chi connectivity index (χ4v) is 2.07. The van der Waals surface area contributed by atoms with E-state index in [0.29, 0.717) is 18.0 Å². The second kappa shape index (κ2) is 6.39. The quantitative estimate of drug-likeness (QED) is 0.868. The van der Waals surface area contributed by atoms with Gasteiger partial charge in [-0.1, -0.05) is 34.6 Å². The molecule has 5 heteroatoms. The van der Waals surface area contributed by atoms with E-state index in [9.17, 15) is 4.79 Å². The molecule has 1 rings (SSSR count). The SMILES string of the molecule is CC(C)c1cc(C(=O)NC(CCO)C(C)(C)C)n(C)n1. The summed E-state index contributed by atoms with van der Waals surface area (Å²) in [5.74, 6) is 0.152. The number of nitrogens with zero attached hydrogens (tertiary/aromatic N) is 2. The lowest BCUT2D eigenvalue weighted by Crippen LogP contribution is -2.44. The first-order valence-corrected chi connectivity index (χ1v) is 7.12. The molecule has 5 nitrogen and oxygen atoms in total. The number of rotatable bonds is 5. The molecule has 0 aliphatic carbocycles. The molecule has 0 spiro atoms. The number of carbonyl (C=O) groups excluding carboxylic acids is 1. The highest BCUT2D eigenvalue weighted by molar-refractivity contribution is 5.92. The summed E-state index contributed by atoms with van der Waals surface area (Å²) < 4.78 is 1.61. The van der Waals surface area contributed by atoms with Gasteiger partial charge in [0.2, 0.25) is 0 Å². The van der Waals surface area contributed by atoms with Crippen LogP contribution in [-0.2, 0) is 7.05 Å². The van der Waals surface area contributed by atoms with Crippen molar-refractivity contribution in [3.8, 4) is 0 Å². The largest absolute Gasteiger partial charge is 0.396 e. The van der Waals surface area contributed by atoms with Crippen LogP contribution < -0.4 is 5.32 Å². The molecule has 20 heavy (non-hydrogen) atoms. The Morgan fingerprint density at radius 3 is 2.45 bits per heavy atom. The molecule has 0 saturated carbocycles. The third-order valence-electron chi connectivity index (χ3n) is 3.49. The Labute approximate surface area is 121 Å². The first-order valence-electron chi connectivity index (χ1n) is 7.12. The number of hydrogen-bond donors (Lipinski definition) is 2. The van der Waals surface area contributed by atoms with E-state index >= 15 is 0 Å². The van der Waals surface area contributed by atoms with Crippen molar-refractivity contribution in [3.63, 3.8) is 0 Å². The number of carbonyl (C=O) groups is 1. The van der Waals surface area contributed by atoms with Gasteiger partial charge >= 0.3 is 0 Å². The number of aliphatic hydroxyl groups excluding tert-OH is 1. The highest BCUT2D eigenvalue weighted by Crippen LogP contribution is 2.22. The van der Waals surface area contributed by atoms with Crippen LogP contribution in [0.1, 0.15) is 63.1 Å². The maximum Gasteiger partial charge on any atom is 0.269 e. The average molecular weight is 281 g/mol. The number of nitrogens with one attached hydrogen (secondary N) is 1. The fourth-order valence-electron chi connectivity index (χ4n) is 2.07. The van der Waals surface area contributed by atoms with Gasteiger partial charge in [0.1, 0.15) is 5.69 Å². The minimum atomic E-state index is -0.139. The summed E-state index contributed by atoms with van der Waals surface area (Å²) in [4.78, 5) is 12.4. The standard InChI is InChI=1S/C15H27N3O2/c1-10(2)11-9-12(18(6)17-11)14(20)16-13(7-8-19)15(3,4)5/h9-10,13,19H,7-8H2,1-6H3,(H,16,20). The molecule has 1 amide bonds. The number of amides is 1. The fraction of sp³-hybridized carbons (Fsp3) is 0.733. The molecule has 0 bridgehead atoms. The number of aromatic nitrogens is 2. The van der Waals surface area contributed by atoms with E-state index in [1.807, 2.05) is 19.9 Å². The molecule has 0 saturated heterocycles. The number of aliphatic hydroxyl groups is 1. The zero-order chi connectivity index (χ0) is 15.5. The summed E-state index contributed by atoms with van der Waals surface area (Å²) in [6.45, 7) is 10.3. The summed E-state index contributed by atoms with van der Waals surface area (Å²) in [5, 5.41) is 16.5. The van der Waals surface area contributed by atoms with Crippen LogP contribution in [0.15, 0.2) is 6.07 Å².